The zero-order valence-electron chi connectivity index (χ0n) is 7.75. The van der Waals surface area contributed by atoms with Crippen molar-refractivity contribution in [3.05, 3.63) is 35.3 Å². The molecule has 3 N–H and O–H groups in total. The van der Waals surface area contributed by atoms with Crippen LogP contribution in [-0.4, -0.2) is 11.1 Å². The van der Waals surface area contributed by atoms with Crippen molar-refractivity contribution < 1.29 is 14.3 Å². The number of carboxylic acid groups (broad SMARTS) is 1. The van der Waals surface area contributed by atoms with Gasteiger partial charge in [-0.25, -0.2) is 4.39 Å². The summed E-state index contributed by atoms with van der Waals surface area (Å²) in [6.07, 6.45) is 3.10. The van der Waals surface area contributed by atoms with Crippen molar-refractivity contribution in [3.63, 3.8) is 0 Å². The molecule has 0 aliphatic carbocycles. The standard InChI is InChI=1S/C10H9FN2O2/c11-8-5-9-6(1-2-12-13-9)3-7(8)4-10(14)15/h1-3,5,12-13H,4H2,(H,14,15). The lowest BCUT2D eigenvalue weighted by molar-refractivity contribution is -0.136. The van der Waals surface area contributed by atoms with E-state index in [1.807, 2.05) is 0 Å². The second kappa shape index (κ2) is 3.61. The number of hydrogen-bond acceptors (Lipinski definition) is 3. The van der Waals surface area contributed by atoms with E-state index in [1.165, 1.54) is 12.1 Å². The Labute approximate surface area is 85.4 Å². The van der Waals surface area contributed by atoms with Gasteiger partial charge in [-0.1, -0.05) is 0 Å². The van der Waals surface area contributed by atoms with Crippen molar-refractivity contribution in [1.82, 2.24) is 5.43 Å². The van der Waals surface area contributed by atoms with Gasteiger partial charge in [0.1, 0.15) is 5.82 Å². The first-order valence-electron chi connectivity index (χ1n) is 4.39. The highest BCUT2D eigenvalue weighted by atomic mass is 19.1. The van der Waals surface area contributed by atoms with Crippen LogP contribution in [0.4, 0.5) is 10.1 Å². The first kappa shape index (κ1) is 9.51. The van der Waals surface area contributed by atoms with Gasteiger partial charge >= 0.3 is 5.97 Å². The monoisotopic (exact) mass is 208 g/mol. The zero-order chi connectivity index (χ0) is 10.8. The van der Waals surface area contributed by atoms with E-state index < -0.39 is 11.8 Å². The van der Waals surface area contributed by atoms with Crippen LogP contribution in [0.15, 0.2) is 18.3 Å². The summed E-state index contributed by atoms with van der Waals surface area (Å²) in [5.41, 5.74) is 7.03. The minimum absolute atomic E-state index is 0.189. The Kier molecular flexibility index (Phi) is 2.29. The van der Waals surface area contributed by atoms with E-state index in [0.717, 1.165) is 5.56 Å². The molecule has 1 heterocycles. The number of nitrogens with one attached hydrogen (secondary N) is 2. The Morgan fingerprint density at radius 2 is 2.27 bits per heavy atom. The minimum Gasteiger partial charge on any atom is -0.481 e. The average molecular weight is 208 g/mol. The number of carbonyl (C=O) groups is 1. The van der Waals surface area contributed by atoms with Gasteiger partial charge < -0.3 is 16.0 Å². The summed E-state index contributed by atoms with van der Waals surface area (Å²) in [6.45, 7) is 0. The molecule has 5 heteroatoms. The number of rotatable bonds is 2. The molecule has 0 amide bonds. The molecule has 1 aliphatic heterocycles. The van der Waals surface area contributed by atoms with Crippen molar-refractivity contribution in [3.8, 4) is 0 Å². The molecule has 15 heavy (non-hydrogen) atoms. The number of fused-ring (bicyclic) bond motifs is 1. The van der Waals surface area contributed by atoms with Gasteiger partial charge in [-0.2, -0.15) is 0 Å². The maximum Gasteiger partial charge on any atom is 0.307 e. The molecule has 0 spiro atoms. The molecular formula is C10H9FN2O2. The lowest BCUT2D eigenvalue weighted by Gasteiger charge is -2.15. The number of aliphatic carboxylic acids is 1. The number of anilines is 1. The molecule has 0 saturated heterocycles. The van der Waals surface area contributed by atoms with Crippen LogP contribution in [0.1, 0.15) is 11.1 Å². The highest BCUT2D eigenvalue weighted by Crippen LogP contribution is 2.23. The van der Waals surface area contributed by atoms with E-state index in [9.17, 15) is 9.18 Å². The van der Waals surface area contributed by atoms with Crippen LogP contribution < -0.4 is 10.9 Å². The zero-order valence-corrected chi connectivity index (χ0v) is 7.75. The second-order valence-electron chi connectivity index (χ2n) is 3.20. The summed E-state index contributed by atoms with van der Waals surface area (Å²) >= 11 is 0. The Bertz CT molecular complexity index is 443. The lowest BCUT2D eigenvalue weighted by Crippen LogP contribution is -2.18. The third-order valence-corrected chi connectivity index (χ3v) is 2.11. The quantitative estimate of drug-likeness (QED) is 0.686. The number of hydrazine groups is 1. The highest BCUT2D eigenvalue weighted by Gasteiger charge is 2.12. The summed E-state index contributed by atoms with van der Waals surface area (Å²) in [4.78, 5) is 10.5. The molecule has 0 fully saturated rings. The summed E-state index contributed by atoms with van der Waals surface area (Å²) in [5.74, 6) is -1.56. The van der Waals surface area contributed by atoms with Crippen molar-refractivity contribution in [2.24, 2.45) is 0 Å². The first-order chi connectivity index (χ1) is 7.16. The average Bonchev–Trinajstić information content (AvgIpc) is 2.18. The number of carboxylic acids is 1. The fraction of sp³-hybridized carbons (Fsp3) is 0.100. The topological polar surface area (TPSA) is 61.4 Å². The van der Waals surface area contributed by atoms with Gasteiger partial charge in [-0.05, 0) is 23.8 Å². The first-order valence-corrected chi connectivity index (χ1v) is 4.39. The van der Waals surface area contributed by atoms with E-state index in [-0.39, 0.29) is 12.0 Å². The van der Waals surface area contributed by atoms with Gasteiger partial charge in [-0.3, -0.25) is 4.79 Å². The third-order valence-electron chi connectivity index (χ3n) is 2.11. The molecule has 4 nitrogen and oxygen atoms in total. The fourth-order valence-electron chi connectivity index (χ4n) is 1.43. The summed E-state index contributed by atoms with van der Waals surface area (Å²) < 4.78 is 13.4. The van der Waals surface area contributed by atoms with Crippen LogP contribution in [0.25, 0.3) is 6.08 Å². The molecule has 2 rings (SSSR count). The smallest absolute Gasteiger partial charge is 0.307 e. The number of hydrogen-bond donors (Lipinski definition) is 3. The van der Waals surface area contributed by atoms with Gasteiger partial charge in [0, 0.05) is 11.8 Å². The van der Waals surface area contributed by atoms with Crippen LogP contribution >= 0.6 is 0 Å². The minimum atomic E-state index is -1.04. The van der Waals surface area contributed by atoms with E-state index >= 15 is 0 Å². The molecule has 0 aromatic heterocycles. The molecule has 0 atom stereocenters. The summed E-state index contributed by atoms with van der Waals surface area (Å²) in [7, 11) is 0. The van der Waals surface area contributed by atoms with Gasteiger partial charge in [0.15, 0.2) is 0 Å². The van der Waals surface area contributed by atoms with Crippen molar-refractivity contribution in [2.75, 3.05) is 5.43 Å². The highest BCUT2D eigenvalue weighted by molar-refractivity contribution is 5.74. The molecule has 0 saturated carbocycles. The predicted octanol–water partition coefficient (Wildman–Crippen LogP) is 1.35. The van der Waals surface area contributed by atoms with Crippen LogP contribution in [0.5, 0.6) is 0 Å². The molecule has 0 bridgehead atoms. The third kappa shape index (κ3) is 1.90. The van der Waals surface area contributed by atoms with Crippen molar-refractivity contribution in [1.29, 1.82) is 0 Å². The summed E-state index contributed by atoms with van der Waals surface area (Å²) in [5, 5.41) is 8.58. The molecule has 1 aromatic carbocycles. The number of halogens is 1. The lowest BCUT2D eigenvalue weighted by atomic mass is 10.0. The Morgan fingerprint density at radius 1 is 1.47 bits per heavy atom. The Hall–Kier alpha value is -2.04. The van der Waals surface area contributed by atoms with Crippen LogP contribution in [0.2, 0.25) is 0 Å². The maximum atomic E-state index is 13.4. The SMILES string of the molecule is O=C(O)Cc1cc2c(cc1F)NNC=C2. The van der Waals surface area contributed by atoms with E-state index in [4.69, 9.17) is 5.11 Å². The predicted molar refractivity (Wildman–Crippen MR) is 53.5 cm³/mol. The van der Waals surface area contributed by atoms with Gasteiger partial charge in [0.05, 0.1) is 12.1 Å². The van der Waals surface area contributed by atoms with Crippen LogP contribution in [0.3, 0.4) is 0 Å². The van der Waals surface area contributed by atoms with Crippen LogP contribution in [0, 0.1) is 5.82 Å². The molecule has 0 unspecified atom stereocenters. The van der Waals surface area contributed by atoms with Gasteiger partial charge in [0.25, 0.3) is 0 Å². The van der Waals surface area contributed by atoms with Crippen LogP contribution in [-0.2, 0) is 11.2 Å². The number of benzene rings is 1. The molecule has 1 aromatic rings. The molecular weight excluding hydrogens is 199 g/mol. The maximum absolute atomic E-state index is 13.4. The fourth-order valence-corrected chi connectivity index (χ4v) is 1.43. The van der Waals surface area contributed by atoms with E-state index in [0.29, 0.717) is 5.69 Å². The molecule has 0 radical (unpaired) electrons. The Morgan fingerprint density at radius 3 is 3.00 bits per heavy atom. The Balaban J connectivity index is 2.41. The van der Waals surface area contributed by atoms with Gasteiger partial charge in [0.2, 0.25) is 0 Å². The summed E-state index contributed by atoms with van der Waals surface area (Å²) in [6, 6.07) is 2.81. The molecule has 1 aliphatic rings. The van der Waals surface area contributed by atoms with Crippen molar-refractivity contribution in [2.45, 2.75) is 6.42 Å². The second-order valence-corrected chi connectivity index (χ2v) is 3.20. The van der Waals surface area contributed by atoms with E-state index in [1.54, 1.807) is 12.3 Å². The van der Waals surface area contributed by atoms with Crippen molar-refractivity contribution >= 4 is 17.7 Å². The normalized spacial score (nSPS) is 12.6. The largest absolute Gasteiger partial charge is 0.481 e. The van der Waals surface area contributed by atoms with E-state index in [2.05, 4.69) is 10.9 Å². The van der Waals surface area contributed by atoms with Gasteiger partial charge in [-0.15, -0.1) is 0 Å². The molecule has 78 valence electrons.